The topological polar surface area (TPSA) is 49.4 Å². The molecule has 1 aromatic rings. The van der Waals surface area contributed by atoms with Gasteiger partial charge >= 0.3 is 0 Å². The van der Waals surface area contributed by atoms with Gasteiger partial charge in [0, 0.05) is 12.1 Å². The molecule has 2 amide bonds. The van der Waals surface area contributed by atoms with Gasteiger partial charge in [0.1, 0.15) is 12.1 Å². The van der Waals surface area contributed by atoms with Gasteiger partial charge in [0.15, 0.2) is 17.5 Å². The van der Waals surface area contributed by atoms with Crippen LogP contribution in [-0.2, 0) is 9.59 Å². The number of halogens is 3. The minimum atomic E-state index is -1.61. The molecule has 0 aliphatic carbocycles. The van der Waals surface area contributed by atoms with Crippen molar-refractivity contribution in [2.75, 3.05) is 4.90 Å². The quantitative estimate of drug-likeness (QED) is 0.849. The van der Waals surface area contributed by atoms with E-state index in [1.54, 1.807) is 13.8 Å². The Balaban J connectivity index is 2.49. The highest BCUT2D eigenvalue weighted by atomic mass is 19.2. The molecule has 0 aromatic heterocycles. The maximum atomic E-state index is 13.3. The van der Waals surface area contributed by atoms with Crippen LogP contribution < -0.4 is 10.2 Å². The van der Waals surface area contributed by atoms with Crippen molar-refractivity contribution in [3.05, 3.63) is 29.6 Å². The van der Waals surface area contributed by atoms with Gasteiger partial charge in [0.2, 0.25) is 5.91 Å². The van der Waals surface area contributed by atoms with Crippen LogP contribution in [0, 0.1) is 23.4 Å². The molecule has 4 nitrogen and oxygen atoms in total. The number of carbonyl (C=O) groups excluding carboxylic acids is 2. The molecule has 1 N–H and O–H groups in total. The van der Waals surface area contributed by atoms with E-state index in [1.165, 1.54) is 6.92 Å². The number of amides is 2. The summed E-state index contributed by atoms with van der Waals surface area (Å²) in [4.78, 5) is 25.3. The van der Waals surface area contributed by atoms with Gasteiger partial charge in [0.25, 0.3) is 5.91 Å². The maximum absolute atomic E-state index is 13.3. The Bertz CT molecular complexity index is 581. The highest BCUT2D eigenvalue weighted by molar-refractivity contribution is 6.08. The summed E-state index contributed by atoms with van der Waals surface area (Å²) in [6, 6.07) is -0.298. The molecule has 114 valence electrons. The Morgan fingerprint density at radius 1 is 1.14 bits per heavy atom. The van der Waals surface area contributed by atoms with Crippen molar-refractivity contribution in [1.29, 1.82) is 0 Å². The van der Waals surface area contributed by atoms with Crippen LogP contribution in [0.3, 0.4) is 0 Å². The minimum absolute atomic E-state index is 0.176. The number of anilines is 1. The van der Waals surface area contributed by atoms with Gasteiger partial charge < -0.3 is 5.32 Å². The second-order valence-electron chi connectivity index (χ2n) is 5.34. The average Bonchev–Trinajstić information content (AvgIpc) is 2.40. The number of rotatable bonds is 2. The Morgan fingerprint density at radius 2 is 1.67 bits per heavy atom. The predicted molar refractivity (Wildman–Crippen MR) is 70.0 cm³/mol. The number of hydrogen-bond acceptors (Lipinski definition) is 2. The van der Waals surface area contributed by atoms with E-state index in [9.17, 15) is 22.8 Å². The van der Waals surface area contributed by atoms with E-state index < -0.39 is 41.3 Å². The van der Waals surface area contributed by atoms with Crippen LogP contribution in [0.4, 0.5) is 18.9 Å². The van der Waals surface area contributed by atoms with E-state index in [4.69, 9.17) is 0 Å². The highest BCUT2D eigenvalue weighted by Gasteiger charge is 2.40. The first-order chi connectivity index (χ1) is 9.73. The number of piperazine rings is 1. The third-order valence-corrected chi connectivity index (χ3v) is 3.48. The van der Waals surface area contributed by atoms with Crippen molar-refractivity contribution in [3.63, 3.8) is 0 Å². The van der Waals surface area contributed by atoms with Gasteiger partial charge in [-0.1, -0.05) is 13.8 Å². The molecule has 1 saturated heterocycles. The molecular weight excluding hydrogens is 285 g/mol. The van der Waals surface area contributed by atoms with Crippen LogP contribution in [0.2, 0.25) is 0 Å². The van der Waals surface area contributed by atoms with Crippen molar-refractivity contribution >= 4 is 17.5 Å². The summed E-state index contributed by atoms with van der Waals surface area (Å²) in [7, 11) is 0. The summed E-state index contributed by atoms with van der Waals surface area (Å²) in [5.74, 6) is -5.53. The molecule has 0 bridgehead atoms. The van der Waals surface area contributed by atoms with Crippen molar-refractivity contribution < 1.29 is 22.8 Å². The van der Waals surface area contributed by atoms with Gasteiger partial charge in [0.05, 0.1) is 5.69 Å². The first-order valence-corrected chi connectivity index (χ1v) is 6.52. The van der Waals surface area contributed by atoms with Crippen molar-refractivity contribution in [3.8, 4) is 0 Å². The van der Waals surface area contributed by atoms with E-state index in [1.807, 2.05) is 0 Å². The minimum Gasteiger partial charge on any atom is -0.342 e. The summed E-state index contributed by atoms with van der Waals surface area (Å²) in [5.41, 5.74) is -0.176. The summed E-state index contributed by atoms with van der Waals surface area (Å²) in [5, 5.41) is 2.56. The summed E-state index contributed by atoms with van der Waals surface area (Å²) in [6.07, 6.45) is 0. The molecule has 1 aromatic carbocycles. The number of nitrogens with zero attached hydrogens (tertiary/aromatic N) is 1. The van der Waals surface area contributed by atoms with Crippen LogP contribution in [0.1, 0.15) is 20.8 Å². The standard InChI is InChI=1S/C14H15F3N2O2/c1-6(2)12-14(21)19(7(3)13(20)18-12)8-4-9(15)11(17)10(16)5-8/h4-7,12H,1-3H3,(H,18,20). The van der Waals surface area contributed by atoms with Gasteiger partial charge in [-0.25, -0.2) is 13.2 Å². The second-order valence-corrected chi connectivity index (χ2v) is 5.34. The third-order valence-electron chi connectivity index (χ3n) is 3.48. The lowest BCUT2D eigenvalue weighted by molar-refractivity contribution is -0.134. The lowest BCUT2D eigenvalue weighted by Gasteiger charge is -2.38. The molecule has 1 aliphatic rings. The smallest absolute Gasteiger partial charge is 0.250 e. The van der Waals surface area contributed by atoms with E-state index in [2.05, 4.69) is 5.32 Å². The fraction of sp³-hybridized carbons (Fsp3) is 0.429. The van der Waals surface area contributed by atoms with Crippen molar-refractivity contribution in [1.82, 2.24) is 5.32 Å². The number of nitrogens with one attached hydrogen (secondary N) is 1. The molecule has 2 unspecified atom stereocenters. The second kappa shape index (κ2) is 5.38. The molecule has 1 heterocycles. The Labute approximate surface area is 119 Å². The highest BCUT2D eigenvalue weighted by Crippen LogP contribution is 2.26. The average molecular weight is 300 g/mol. The van der Waals surface area contributed by atoms with Crippen LogP contribution in [0.15, 0.2) is 12.1 Å². The predicted octanol–water partition coefficient (Wildman–Crippen LogP) is 1.98. The van der Waals surface area contributed by atoms with Crippen molar-refractivity contribution in [2.45, 2.75) is 32.9 Å². The van der Waals surface area contributed by atoms with E-state index in [0.29, 0.717) is 12.1 Å². The molecule has 2 rings (SSSR count). The molecule has 0 radical (unpaired) electrons. The zero-order valence-corrected chi connectivity index (χ0v) is 11.8. The summed E-state index contributed by atoms with van der Waals surface area (Å²) < 4.78 is 39.7. The first kappa shape index (κ1) is 15.3. The molecule has 1 aliphatic heterocycles. The van der Waals surface area contributed by atoms with Crippen LogP contribution in [0.5, 0.6) is 0 Å². The zero-order chi connectivity index (χ0) is 15.9. The largest absolute Gasteiger partial charge is 0.342 e. The fourth-order valence-corrected chi connectivity index (χ4v) is 2.28. The Morgan fingerprint density at radius 3 is 2.14 bits per heavy atom. The summed E-state index contributed by atoms with van der Waals surface area (Å²) >= 11 is 0. The van der Waals surface area contributed by atoms with Gasteiger partial charge in [-0.05, 0) is 12.8 Å². The van der Waals surface area contributed by atoms with Gasteiger partial charge in [-0.3, -0.25) is 14.5 Å². The first-order valence-electron chi connectivity index (χ1n) is 6.52. The van der Waals surface area contributed by atoms with Crippen LogP contribution in [0.25, 0.3) is 0 Å². The molecule has 0 spiro atoms. The number of carbonyl (C=O) groups is 2. The fourth-order valence-electron chi connectivity index (χ4n) is 2.28. The lowest BCUT2D eigenvalue weighted by atomic mass is 9.97. The summed E-state index contributed by atoms with van der Waals surface area (Å²) in [6.45, 7) is 4.91. The van der Waals surface area contributed by atoms with Gasteiger partial charge in [-0.2, -0.15) is 0 Å². The van der Waals surface area contributed by atoms with E-state index in [-0.39, 0.29) is 11.6 Å². The zero-order valence-electron chi connectivity index (χ0n) is 11.8. The van der Waals surface area contributed by atoms with Crippen molar-refractivity contribution in [2.24, 2.45) is 5.92 Å². The molecule has 1 fully saturated rings. The normalized spacial score (nSPS) is 22.7. The SMILES string of the molecule is CC(C)C1NC(=O)C(C)N(c2cc(F)c(F)c(F)c2)C1=O. The van der Waals surface area contributed by atoms with E-state index in [0.717, 1.165) is 4.90 Å². The molecular formula is C14H15F3N2O2. The number of benzene rings is 1. The molecule has 7 heteroatoms. The number of hydrogen-bond donors (Lipinski definition) is 1. The van der Waals surface area contributed by atoms with Crippen LogP contribution in [-0.4, -0.2) is 23.9 Å². The van der Waals surface area contributed by atoms with Gasteiger partial charge in [-0.15, -0.1) is 0 Å². The third kappa shape index (κ3) is 2.59. The van der Waals surface area contributed by atoms with Crippen LogP contribution >= 0.6 is 0 Å². The van der Waals surface area contributed by atoms with E-state index >= 15 is 0 Å². The maximum Gasteiger partial charge on any atom is 0.250 e. The Kier molecular flexibility index (Phi) is 3.93. The Hall–Kier alpha value is -2.05. The lowest BCUT2D eigenvalue weighted by Crippen LogP contribution is -2.64. The molecule has 0 saturated carbocycles. The monoisotopic (exact) mass is 300 g/mol. The molecule has 21 heavy (non-hydrogen) atoms. The molecule has 2 atom stereocenters.